The first-order chi connectivity index (χ1) is 28.5. The van der Waals surface area contributed by atoms with E-state index in [4.69, 9.17) is 4.74 Å². The molecule has 0 aromatic carbocycles. The number of nitrogens with one attached hydrogen (secondary N) is 1. The van der Waals surface area contributed by atoms with Crippen LogP contribution < -0.4 is 5.32 Å². The highest BCUT2D eigenvalue weighted by Gasteiger charge is 2.20. The van der Waals surface area contributed by atoms with Crippen LogP contribution in [0.3, 0.4) is 0 Å². The lowest BCUT2D eigenvalue weighted by atomic mass is 10.0. The third-order valence-corrected chi connectivity index (χ3v) is 12.4. The number of carbonyl (C=O) groups excluding carboxylic acids is 2. The van der Waals surface area contributed by atoms with Crippen molar-refractivity contribution in [2.75, 3.05) is 13.2 Å². The minimum absolute atomic E-state index is 0.0136. The van der Waals surface area contributed by atoms with Gasteiger partial charge in [0.05, 0.1) is 25.4 Å². The molecule has 0 radical (unpaired) electrons. The minimum atomic E-state index is -0.676. The van der Waals surface area contributed by atoms with Gasteiger partial charge < -0.3 is 20.3 Å². The summed E-state index contributed by atoms with van der Waals surface area (Å²) in [6.07, 6.45) is 53.6. The van der Waals surface area contributed by atoms with Gasteiger partial charge in [-0.15, -0.1) is 0 Å². The molecule has 0 saturated carbocycles. The van der Waals surface area contributed by atoms with Gasteiger partial charge in [-0.2, -0.15) is 0 Å². The number of esters is 1. The van der Waals surface area contributed by atoms with Crippen LogP contribution in [0, 0.1) is 0 Å². The van der Waals surface area contributed by atoms with Crippen LogP contribution in [0.25, 0.3) is 0 Å². The molecule has 0 aromatic heterocycles. The van der Waals surface area contributed by atoms with E-state index in [1.54, 1.807) is 0 Å². The van der Waals surface area contributed by atoms with Gasteiger partial charge in [0.2, 0.25) is 5.91 Å². The van der Waals surface area contributed by atoms with Crippen LogP contribution in [0.4, 0.5) is 0 Å². The van der Waals surface area contributed by atoms with Crippen molar-refractivity contribution in [1.82, 2.24) is 5.32 Å². The number of hydrogen-bond acceptors (Lipinski definition) is 5. The molecule has 0 bridgehead atoms. The lowest BCUT2D eigenvalue weighted by Crippen LogP contribution is -2.45. The van der Waals surface area contributed by atoms with Crippen molar-refractivity contribution in [1.29, 1.82) is 0 Å². The molecule has 3 N–H and O–H groups in total. The molecule has 346 valence electrons. The van der Waals surface area contributed by atoms with Crippen molar-refractivity contribution in [3.05, 3.63) is 0 Å². The summed E-state index contributed by atoms with van der Waals surface area (Å²) < 4.78 is 5.47. The van der Waals surface area contributed by atoms with Crippen LogP contribution in [-0.4, -0.2) is 47.4 Å². The summed E-state index contributed by atoms with van der Waals surface area (Å²) in [7, 11) is 0. The van der Waals surface area contributed by atoms with Crippen molar-refractivity contribution in [3.8, 4) is 0 Å². The summed E-state index contributed by atoms with van der Waals surface area (Å²) >= 11 is 0. The molecular weight excluding hydrogens is 719 g/mol. The maximum atomic E-state index is 12.4. The summed E-state index contributed by atoms with van der Waals surface area (Å²) in [5, 5.41) is 23.1. The first-order valence-corrected chi connectivity index (χ1v) is 26.3. The molecule has 0 aliphatic rings. The summed E-state index contributed by atoms with van der Waals surface area (Å²) in [6.45, 7) is 4.91. The highest BCUT2D eigenvalue weighted by Crippen LogP contribution is 2.17. The van der Waals surface area contributed by atoms with Crippen LogP contribution in [0.5, 0.6) is 0 Å². The van der Waals surface area contributed by atoms with Gasteiger partial charge in [0.15, 0.2) is 0 Å². The first kappa shape index (κ1) is 56.9. The average molecular weight is 822 g/mol. The zero-order valence-electron chi connectivity index (χ0n) is 39.3. The van der Waals surface area contributed by atoms with Crippen molar-refractivity contribution >= 4 is 11.9 Å². The smallest absolute Gasteiger partial charge is 0.305 e. The quantitative estimate of drug-likeness (QED) is 0.0420. The topological polar surface area (TPSA) is 95.9 Å². The van der Waals surface area contributed by atoms with E-state index in [1.807, 2.05) is 0 Å². The fraction of sp³-hybridized carbons (Fsp3) is 0.962. The first-order valence-electron chi connectivity index (χ1n) is 26.3. The van der Waals surface area contributed by atoms with Gasteiger partial charge in [-0.3, -0.25) is 9.59 Å². The molecule has 2 atom stereocenters. The van der Waals surface area contributed by atoms with Crippen LogP contribution in [0.2, 0.25) is 0 Å². The third-order valence-electron chi connectivity index (χ3n) is 12.4. The number of hydrogen-bond donors (Lipinski definition) is 3. The normalized spacial score (nSPS) is 12.6. The van der Waals surface area contributed by atoms with Gasteiger partial charge in [0.25, 0.3) is 0 Å². The molecule has 0 heterocycles. The Hall–Kier alpha value is -1.14. The van der Waals surface area contributed by atoms with E-state index in [2.05, 4.69) is 19.2 Å². The Kier molecular flexibility index (Phi) is 47.6. The van der Waals surface area contributed by atoms with Crippen LogP contribution in [0.1, 0.15) is 296 Å². The Balaban J connectivity index is 3.42. The molecule has 2 unspecified atom stereocenters. The molecule has 0 aliphatic heterocycles. The number of rotatable bonds is 49. The molecule has 0 aromatic rings. The van der Waals surface area contributed by atoms with E-state index < -0.39 is 12.1 Å². The van der Waals surface area contributed by atoms with Crippen molar-refractivity contribution in [2.45, 2.75) is 309 Å². The lowest BCUT2D eigenvalue weighted by Gasteiger charge is -2.22. The molecule has 58 heavy (non-hydrogen) atoms. The number of amides is 1. The molecule has 1 amide bonds. The molecule has 0 spiro atoms. The average Bonchev–Trinajstić information content (AvgIpc) is 3.22. The molecular formula is C52H103NO5. The predicted molar refractivity (Wildman–Crippen MR) is 250 cm³/mol. The van der Waals surface area contributed by atoms with E-state index in [0.717, 1.165) is 57.8 Å². The molecule has 0 rings (SSSR count). The molecule has 0 aliphatic carbocycles. The van der Waals surface area contributed by atoms with E-state index >= 15 is 0 Å². The standard InChI is InChI=1S/C52H103NO5/c1-3-5-7-9-11-13-15-17-18-19-20-21-22-23-25-30-34-38-42-46-52(57)58-47-43-39-35-31-27-26-29-33-37-41-45-51(56)53-49(48-54)50(55)44-40-36-32-28-24-16-14-12-10-8-6-4-2/h49-50,54-55H,3-48H2,1-2H3,(H,53,56). The van der Waals surface area contributed by atoms with Crippen LogP contribution in [-0.2, 0) is 14.3 Å². The van der Waals surface area contributed by atoms with Crippen LogP contribution >= 0.6 is 0 Å². The molecule has 6 heteroatoms. The lowest BCUT2D eigenvalue weighted by molar-refractivity contribution is -0.143. The van der Waals surface area contributed by atoms with Gasteiger partial charge in [0.1, 0.15) is 0 Å². The largest absolute Gasteiger partial charge is 0.466 e. The Morgan fingerprint density at radius 1 is 0.414 bits per heavy atom. The molecule has 0 fully saturated rings. The highest BCUT2D eigenvalue weighted by molar-refractivity contribution is 5.76. The van der Waals surface area contributed by atoms with E-state index in [0.29, 0.717) is 25.9 Å². The SMILES string of the molecule is CCCCCCCCCCCCCCCCCCCCCC(=O)OCCCCCCCCCCCCC(=O)NC(CO)C(O)CCCCCCCCCCCCCC. The van der Waals surface area contributed by atoms with Crippen LogP contribution in [0.15, 0.2) is 0 Å². The van der Waals surface area contributed by atoms with E-state index in [1.165, 1.54) is 205 Å². The summed E-state index contributed by atoms with van der Waals surface area (Å²) in [5.41, 5.74) is 0. The van der Waals surface area contributed by atoms with Gasteiger partial charge in [0, 0.05) is 12.8 Å². The Morgan fingerprint density at radius 2 is 0.707 bits per heavy atom. The van der Waals surface area contributed by atoms with Gasteiger partial charge in [-0.05, 0) is 25.7 Å². The zero-order chi connectivity index (χ0) is 42.3. The monoisotopic (exact) mass is 822 g/mol. The Morgan fingerprint density at radius 3 is 1.05 bits per heavy atom. The maximum absolute atomic E-state index is 12.4. The second-order valence-corrected chi connectivity index (χ2v) is 18.2. The van der Waals surface area contributed by atoms with Crippen molar-refractivity contribution in [3.63, 3.8) is 0 Å². The second kappa shape index (κ2) is 48.5. The van der Waals surface area contributed by atoms with E-state index in [-0.39, 0.29) is 18.5 Å². The summed E-state index contributed by atoms with van der Waals surface area (Å²) in [4.78, 5) is 24.5. The van der Waals surface area contributed by atoms with Crippen molar-refractivity contribution in [2.24, 2.45) is 0 Å². The third kappa shape index (κ3) is 44.4. The zero-order valence-corrected chi connectivity index (χ0v) is 39.3. The second-order valence-electron chi connectivity index (χ2n) is 18.2. The fourth-order valence-corrected chi connectivity index (χ4v) is 8.35. The maximum Gasteiger partial charge on any atom is 0.305 e. The Bertz CT molecular complexity index is 822. The number of aliphatic hydroxyl groups excluding tert-OH is 2. The number of carbonyl (C=O) groups is 2. The number of unbranched alkanes of at least 4 members (excludes halogenated alkanes) is 38. The Labute approximate surface area is 362 Å². The van der Waals surface area contributed by atoms with E-state index in [9.17, 15) is 19.8 Å². The summed E-state index contributed by atoms with van der Waals surface area (Å²) in [6, 6.07) is -0.555. The van der Waals surface area contributed by atoms with Crippen molar-refractivity contribution < 1.29 is 24.5 Å². The predicted octanol–water partition coefficient (Wildman–Crippen LogP) is 15.6. The molecule has 0 saturated heterocycles. The van der Waals surface area contributed by atoms with Gasteiger partial charge in [-0.25, -0.2) is 0 Å². The number of ether oxygens (including phenoxy) is 1. The minimum Gasteiger partial charge on any atom is -0.466 e. The van der Waals surface area contributed by atoms with Gasteiger partial charge >= 0.3 is 5.97 Å². The summed E-state index contributed by atoms with van der Waals surface area (Å²) in [5.74, 6) is -0.0699. The van der Waals surface area contributed by atoms with Gasteiger partial charge in [-0.1, -0.05) is 258 Å². The number of aliphatic hydroxyl groups is 2. The fourth-order valence-electron chi connectivity index (χ4n) is 8.35. The molecule has 6 nitrogen and oxygen atoms in total. The highest BCUT2D eigenvalue weighted by atomic mass is 16.5.